The minimum Gasteiger partial charge on any atom is -0.370 e. The lowest BCUT2D eigenvalue weighted by molar-refractivity contribution is 0.746. The van der Waals surface area contributed by atoms with Gasteiger partial charge in [-0.1, -0.05) is 0 Å². The molecule has 0 bridgehead atoms. The highest BCUT2D eigenvalue weighted by Crippen LogP contribution is 2.16. The highest BCUT2D eigenvalue weighted by atomic mass is 15.1. The van der Waals surface area contributed by atoms with Gasteiger partial charge in [0, 0.05) is 25.0 Å². The zero-order chi connectivity index (χ0) is 13.5. The van der Waals surface area contributed by atoms with Gasteiger partial charge in [0.25, 0.3) is 0 Å². The van der Waals surface area contributed by atoms with Gasteiger partial charge in [-0.15, -0.1) is 0 Å². The van der Waals surface area contributed by atoms with Crippen molar-refractivity contribution in [2.45, 2.75) is 13.3 Å². The molecule has 2 aromatic rings. The van der Waals surface area contributed by atoms with E-state index in [1.165, 1.54) is 0 Å². The maximum atomic E-state index is 4.37. The molecule has 6 heteroatoms. The van der Waals surface area contributed by atoms with E-state index in [1.807, 2.05) is 38.5 Å². The van der Waals surface area contributed by atoms with Gasteiger partial charge in [-0.3, -0.25) is 0 Å². The van der Waals surface area contributed by atoms with Crippen molar-refractivity contribution in [1.82, 2.24) is 20.3 Å². The van der Waals surface area contributed by atoms with Crippen LogP contribution in [0.4, 0.5) is 17.3 Å². The van der Waals surface area contributed by atoms with Crippen molar-refractivity contribution in [2.75, 3.05) is 30.8 Å². The van der Waals surface area contributed by atoms with Crippen molar-refractivity contribution in [3.63, 3.8) is 0 Å². The molecule has 102 valence electrons. The molecule has 0 unspecified atom stereocenters. The lowest BCUT2D eigenvalue weighted by atomic mass is 10.4. The van der Waals surface area contributed by atoms with Gasteiger partial charge in [-0.2, -0.15) is 0 Å². The fourth-order valence-corrected chi connectivity index (χ4v) is 1.75. The van der Waals surface area contributed by atoms with Gasteiger partial charge in [0.05, 0.1) is 5.69 Å². The fourth-order valence-electron chi connectivity index (χ4n) is 1.75. The second kappa shape index (κ2) is 6.75. The number of nitrogens with zero attached hydrogens (tertiary/aromatic N) is 2. The standard InChI is InChI=1S/C13H20N6/c1-10-17-12(16-6-3-5-14-2)8-13(18-10)19-11-4-7-15-9-11/h4,7-9,14-15H,3,5-6H2,1-2H3,(H2,16,17,18,19). The average Bonchev–Trinajstić information content (AvgIpc) is 2.87. The quantitative estimate of drug-likeness (QED) is 0.572. The maximum absolute atomic E-state index is 4.37. The van der Waals surface area contributed by atoms with Crippen molar-refractivity contribution in [3.8, 4) is 0 Å². The Balaban J connectivity index is 1.98. The Kier molecular flexibility index (Phi) is 4.74. The number of aromatic amines is 1. The number of hydrogen-bond acceptors (Lipinski definition) is 5. The minimum atomic E-state index is 0.747. The summed E-state index contributed by atoms with van der Waals surface area (Å²) in [5.41, 5.74) is 0.985. The molecule has 2 rings (SSSR count). The van der Waals surface area contributed by atoms with Crippen LogP contribution in [0.2, 0.25) is 0 Å². The summed E-state index contributed by atoms with van der Waals surface area (Å²) in [6.07, 6.45) is 4.81. The highest BCUT2D eigenvalue weighted by molar-refractivity contribution is 5.58. The summed E-state index contributed by atoms with van der Waals surface area (Å²) in [7, 11) is 1.95. The first-order valence-electron chi connectivity index (χ1n) is 6.42. The lowest BCUT2D eigenvalue weighted by Crippen LogP contribution is -2.13. The van der Waals surface area contributed by atoms with E-state index in [2.05, 4.69) is 30.9 Å². The van der Waals surface area contributed by atoms with Gasteiger partial charge in [0.1, 0.15) is 17.5 Å². The van der Waals surface area contributed by atoms with Crippen molar-refractivity contribution >= 4 is 17.3 Å². The molecule has 0 spiro atoms. The highest BCUT2D eigenvalue weighted by Gasteiger charge is 2.02. The average molecular weight is 260 g/mol. The Hall–Kier alpha value is -2.08. The minimum absolute atomic E-state index is 0.747. The molecule has 0 atom stereocenters. The van der Waals surface area contributed by atoms with E-state index in [0.29, 0.717) is 0 Å². The van der Waals surface area contributed by atoms with Crippen LogP contribution in [0.3, 0.4) is 0 Å². The number of nitrogens with one attached hydrogen (secondary N) is 4. The smallest absolute Gasteiger partial charge is 0.136 e. The van der Waals surface area contributed by atoms with E-state index in [0.717, 1.165) is 42.7 Å². The number of aromatic nitrogens is 3. The first-order valence-corrected chi connectivity index (χ1v) is 6.42. The fraction of sp³-hybridized carbons (Fsp3) is 0.385. The summed E-state index contributed by atoms with van der Waals surface area (Å²) in [6.45, 7) is 3.77. The third kappa shape index (κ3) is 4.26. The zero-order valence-corrected chi connectivity index (χ0v) is 11.3. The second-order valence-corrected chi connectivity index (χ2v) is 4.29. The predicted octanol–water partition coefficient (Wildman–Crippen LogP) is 1.88. The van der Waals surface area contributed by atoms with E-state index < -0.39 is 0 Å². The molecule has 0 aliphatic heterocycles. The Morgan fingerprint density at radius 2 is 2.05 bits per heavy atom. The van der Waals surface area contributed by atoms with Gasteiger partial charge < -0.3 is 20.9 Å². The summed E-state index contributed by atoms with van der Waals surface area (Å²) >= 11 is 0. The molecule has 0 amide bonds. The van der Waals surface area contributed by atoms with E-state index >= 15 is 0 Å². The molecule has 2 heterocycles. The van der Waals surface area contributed by atoms with Crippen molar-refractivity contribution in [2.24, 2.45) is 0 Å². The van der Waals surface area contributed by atoms with Crippen LogP contribution in [-0.4, -0.2) is 35.1 Å². The summed E-state index contributed by atoms with van der Waals surface area (Å²) in [4.78, 5) is 11.7. The van der Waals surface area contributed by atoms with Gasteiger partial charge in [0.15, 0.2) is 0 Å². The van der Waals surface area contributed by atoms with Crippen LogP contribution in [0.5, 0.6) is 0 Å². The molecule has 0 saturated carbocycles. The lowest BCUT2D eigenvalue weighted by Gasteiger charge is -2.09. The molecule has 0 aliphatic rings. The first-order chi connectivity index (χ1) is 9.28. The number of H-pyrrole nitrogens is 1. The molecule has 0 aliphatic carbocycles. The molecule has 19 heavy (non-hydrogen) atoms. The molecule has 2 aromatic heterocycles. The van der Waals surface area contributed by atoms with Crippen molar-refractivity contribution in [1.29, 1.82) is 0 Å². The van der Waals surface area contributed by atoms with Crippen LogP contribution in [0.15, 0.2) is 24.5 Å². The van der Waals surface area contributed by atoms with Crippen LogP contribution in [-0.2, 0) is 0 Å². The number of hydrogen-bond donors (Lipinski definition) is 4. The molecule has 0 radical (unpaired) electrons. The summed E-state index contributed by atoms with van der Waals surface area (Å²) in [5.74, 6) is 2.39. The second-order valence-electron chi connectivity index (χ2n) is 4.29. The largest absolute Gasteiger partial charge is 0.370 e. The Bertz CT molecular complexity index is 494. The summed E-state index contributed by atoms with van der Waals surface area (Å²) < 4.78 is 0. The molecule has 0 aromatic carbocycles. The Morgan fingerprint density at radius 1 is 1.21 bits per heavy atom. The topological polar surface area (TPSA) is 77.7 Å². The molecule has 0 saturated heterocycles. The van der Waals surface area contributed by atoms with Crippen molar-refractivity contribution < 1.29 is 0 Å². The van der Waals surface area contributed by atoms with E-state index in [4.69, 9.17) is 0 Å². The van der Waals surface area contributed by atoms with Gasteiger partial charge in [-0.25, -0.2) is 9.97 Å². The van der Waals surface area contributed by atoms with E-state index in [-0.39, 0.29) is 0 Å². The SMILES string of the molecule is CNCCCNc1cc(Nc2cc[nH]c2)nc(C)n1. The van der Waals surface area contributed by atoms with Gasteiger partial charge in [-0.05, 0) is 33.0 Å². The summed E-state index contributed by atoms with van der Waals surface area (Å²) in [5, 5.41) is 9.65. The van der Waals surface area contributed by atoms with Crippen molar-refractivity contribution in [3.05, 3.63) is 30.4 Å². The van der Waals surface area contributed by atoms with Crippen LogP contribution >= 0.6 is 0 Å². The third-order valence-electron chi connectivity index (χ3n) is 2.62. The van der Waals surface area contributed by atoms with Crippen LogP contribution in [0.25, 0.3) is 0 Å². The Labute approximate surface area is 113 Å². The Morgan fingerprint density at radius 3 is 2.79 bits per heavy atom. The molecule has 6 nitrogen and oxygen atoms in total. The van der Waals surface area contributed by atoms with E-state index in [1.54, 1.807) is 0 Å². The van der Waals surface area contributed by atoms with Gasteiger partial charge >= 0.3 is 0 Å². The van der Waals surface area contributed by atoms with Crippen LogP contribution in [0, 0.1) is 6.92 Å². The molecular weight excluding hydrogens is 240 g/mol. The predicted molar refractivity (Wildman–Crippen MR) is 77.9 cm³/mol. The molecule has 4 N–H and O–H groups in total. The van der Waals surface area contributed by atoms with E-state index in [9.17, 15) is 0 Å². The monoisotopic (exact) mass is 260 g/mol. The van der Waals surface area contributed by atoms with Crippen LogP contribution < -0.4 is 16.0 Å². The normalized spacial score (nSPS) is 10.4. The third-order valence-corrected chi connectivity index (χ3v) is 2.62. The number of aryl methyl sites for hydroxylation is 1. The first kappa shape index (κ1) is 13.4. The van der Waals surface area contributed by atoms with Crippen LogP contribution in [0.1, 0.15) is 12.2 Å². The maximum Gasteiger partial charge on any atom is 0.136 e. The summed E-state index contributed by atoms with van der Waals surface area (Å²) in [6, 6.07) is 3.87. The zero-order valence-electron chi connectivity index (χ0n) is 11.3. The number of anilines is 3. The number of rotatable bonds is 7. The van der Waals surface area contributed by atoms with Gasteiger partial charge in [0.2, 0.25) is 0 Å². The molecular formula is C13H20N6. The molecule has 0 fully saturated rings.